The smallest absolute Gasteiger partial charge is 0.228 e. The zero-order chi connectivity index (χ0) is 20.8. The molecule has 2 rings (SSSR count). The highest BCUT2D eigenvalue weighted by Crippen LogP contribution is 2.41. The van der Waals surface area contributed by atoms with Crippen LogP contribution in [0, 0.1) is 11.8 Å². The molecule has 156 valence electrons. The summed E-state index contributed by atoms with van der Waals surface area (Å²) in [5, 5.41) is 3.10. The van der Waals surface area contributed by atoms with E-state index in [2.05, 4.69) is 58.8 Å². The molecule has 5 atom stereocenters. The van der Waals surface area contributed by atoms with Crippen molar-refractivity contribution in [1.82, 2.24) is 5.32 Å². The zero-order valence-corrected chi connectivity index (χ0v) is 20.6. The van der Waals surface area contributed by atoms with Crippen LogP contribution in [0.3, 0.4) is 0 Å². The van der Waals surface area contributed by atoms with Crippen molar-refractivity contribution >= 4 is 28.3 Å². The third-order valence-electron chi connectivity index (χ3n) is 6.38. The molecule has 1 aliphatic heterocycles. The maximum absolute atomic E-state index is 13.1. The van der Waals surface area contributed by atoms with Gasteiger partial charge in [-0.05, 0) is 64.0 Å². The number of carbonyl (C=O) groups excluding carboxylic acids is 2. The zero-order valence-electron chi connectivity index (χ0n) is 18.6. The second-order valence-electron chi connectivity index (χ2n) is 10.8. The van der Waals surface area contributed by atoms with Crippen molar-refractivity contribution in [3.05, 3.63) is 0 Å². The lowest BCUT2D eigenvalue weighted by atomic mass is 9.71. The Bertz CT molecular complexity index is 580. The molecule has 1 saturated carbocycles. The van der Waals surface area contributed by atoms with Gasteiger partial charge in [0.25, 0.3) is 0 Å². The Hall–Kier alpha value is -0.506. The fraction of sp³-hybridized carbons (Fsp3) is 0.900. The summed E-state index contributed by atoms with van der Waals surface area (Å²) in [6.07, 6.45) is 2.14. The molecule has 2 aliphatic rings. The molecular formula is C20H39NO4Si2. The first kappa shape index (κ1) is 22.8. The van der Waals surface area contributed by atoms with Crippen molar-refractivity contribution in [3.63, 3.8) is 0 Å². The van der Waals surface area contributed by atoms with Gasteiger partial charge in [-0.15, -0.1) is 0 Å². The van der Waals surface area contributed by atoms with Crippen LogP contribution in [0.15, 0.2) is 0 Å². The van der Waals surface area contributed by atoms with E-state index in [4.69, 9.17) is 8.85 Å². The Kier molecular flexibility index (Phi) is 6.52. The summed E-state index contributed by atoms with van der Waals surface area (Å²) in [5.74, 6) is -0.183. The van der Waals surface area contributed by atoms with Crippen LogP contribution in [-0.4, -0.2) is 46.6 Å². The number of carbonyl (C=O) groups is 2. The molecule has 0 aromatic heterocycles. The monoisotopic (exact) mass is 413 g/mol. The van der Waals surface area contributed by atoms with E-state index >= 15 is 0 Å². The maximum Gasteiger partial charge on any atom is 0.228 e. The predicted molar refractivity (Wildman–Crippen MR) is 114 cm³/mol. The van der Waals surface area contributed by atoms with E-state index in [0.717, 1.165) is 19.3 Å². The molecule has 0 radical (unpaired) electrons. The molecule has 1 N–H and O–H groups in total. The van der Waals surface area contributed by atoms with Crippen LogP contribution in [-0.2, 0) is 18.4 Å². The highest BCUT2D eigenvalue weighted by Gasteiger charge is 2.53. The second kappa shape index (κ2) is 7.73. The molecule has 7 heteroatoms. The quantitative estimate of drug-likeness (QED) is 0.526. The lowest BCUT2D eigenvalue weighted by molar-refractivity contribution is -0.148. The summed E-state index contributed by atoms with van der Waals surface area (Å²) >= 11 is 0. The van der Waals surface area contributed by atoms with Crippen molar-refractivity contribution in [2.75, 3.05) is 0 Å². The van der Waals surface area contributed by atoms with Gasteiger partial charge in [0.05, 0.1) is 18.1 Å². The molecule has 0 aromatic carbocycles. The molecule has 1 amide bonds. The van der Waals surface area contributed by atoms with Crippen LogP contribution >= 0.6 is 0 Å². The topological polar surface area (TPSA) is 64.6 Å². The fourth-order valence-corrected chi connectivity index (χ4v) is 6.45. The number of β-lactam (4-membered cyclic amide) rings is 1. The average Bonchev–Trinajstić information content (AvgIpc) is 2.44. The van der Waals surface area contributed by atoms with E-state index < -0.39 is 16.6 Å². The van der Waals surface area contributed by atoms with Crippen molar-refractivity contribution < 1.29 is 18.4 Å². The number of rotatable bonds is 6. The number of Topliss-reactive ketones (excluding diaryl/α,β-unsaturated/α-hetero) is 1. The Labute approximate surface area is 167 Å². The summed E-state index contributed by atoms with van der Waals surface area (Å²) in [5.41, 5.74) is 0. The van der Waals surface area contributed by atoms with Gasteiger partial charge in [0, 0.05) is 5.92 Å². The van der Waals surface area contributed by atoms with Gasteiger partial charge in [-0.25, -0.2) is 0 Å². The molecule has 0 spiro atoms. The maximum atomic E-state index is 13.1. The van der Waals surface area contributed by atoms with Crippen LogP contribution in [0.25, 0.3) is 0 Å². The number of hydrogen-bond donors (Lipinski definition) is 1. The van der Waals surface area contributed by atoms with Crippen LogP contribution in [0.5, 0.6) is 0 Å². The molecule has 2 fully saturated rings. The summed E-state index contributed by atoms with van der Waals surface area (Å²) in [7, 11) is -3.74. The van der Waals surface area contributed by atoms with Gasteiger partial charge in [0.2, 0.25) is 5.91 Å². The van der Waals surface area contributed by atoms with Gasteiger partial charge in [0.15, 0.2) is 22.4 Å². The van der Waals surface area contributed by atoms with Gasteiger partial charge >= 0.3 is 0 Å². The largest absolute Gasteiger partial charge is 0.413 e. The SMILES string of the molecule is C[C@@H](O[Si](C)(C)C(C)(C)C)[C@H]1C(=O)N[C@@H]1[C@H]1CCC[C@@H](O[Si](C)(C)C)C1=O. The summed E-state index contributed by atoms with van der Waals surface area (Å²) in [6, 6.07) is -0.113. The summed E-state index contributed by atoms with van der Waals surface area (Å²) < 4.78 is 12.6. The third-order valence-corrected chi connectivity index (χ3v) is 11.9. The van der Waals surface area contributed by atoms with E-state index in [1.165, 1.54) is 0 Å². The lowest BCUT2D eigenvalue weighted by Gasteiger charge is -2.48. The first-order valence-electron chi connectivity index (χ1n) is 10.3. The van der Waals surface area contributed by atoms with E-state index in [1.807, 2.05) is 6.92 Å². The molecule has 0 bridgehead atoms. The Morgan fingerprint density at radius 1 is 1.07 bits per heavy atom. The minimum Gasteiger partial charge on any atom is -0.413 e. The first-order valence-corrected chi connectivity index (χ1v) is 16.7. The van der Waals surface area contributed by atoms with E-state index in [-0.39, 0.29) is 46.8 Å². The first-order chi connectivity index (χ1) is 12.1. The predicted octanol–water partition coefficient (Wildman–Crippen LogP) is 4.10. The highest BCUT2D eigenvalue weighted by atomic mass is 28.4. The minimum absolute atomic E-state index is 0.0206. The Morgan fingerprint density at radius 3 is 2.15 bits per heavy atom. The fourth-order valence-electron chi connectivity index (χ4n) is 3.93. The Morgan fingerprint density at radius 2 is 1.67 bits per heavy atom. The molecule has 27 heavy (non-hydrogen) atoms. The van der Waals surface area contributed by atoms with Gasteiger partial charge < -0.3 is 14.2 Å². The van der Waals surface area contributed by atoms with Gasteiger partial charge in [-0.2, -0.15) is 0 Å². The average molecular weight is 414 g/mol. The molecule has 1 saturated heterocycles. The molecule has 1 aliphatic carbocycles. The third kappa shape index (κ3) is 5.11. The summed E-state index contributed by atoms with van der Waals surface area (Å²) in [6.45, 7) is 19.4. The standard InChI is InChI=1S/C20H39NO4Si2/c1-13(24-27(8,9)20(2,3)4)16-17(21-19(16)23)14-11-10-12-15(18(14)22)25-26(5,6)7/h13-17H,10-12H2,1-9H3,(H,21,23)/t13-,14-,15-,16-,17-/m1/s1. The van der Waals surface area contributed by atoms with E-state index in [9.17, 15) is 9.59 Å². The van der Waals surface area contributed by atoms with Crippen molar-refractivity contribution in [2.45, 2.75) is 103 Å². The molecular weight excluding hydrogens is 374 g/mol. The van der Waals surface area contributed by atoms with Gasteiger partial charge in [0.1, 0.15) is 6.10 Å². The Balaban J connectivity index is 2.10. The van der Waals surface area contributed by atoms with Crippen molar-refractivity contribution in [1.29, 1.82) is 0 Å². The number of amides is 1. The van der Waals surface area contributed by atoms with E-state index in [1.54, 1.807) is 0 Å². The highest BCUT2D eigenvalue weighted by molar-refractivity contribution is 6.74. The van der Waals surface area contributed by atoms with Crippen molar-refractivity contribution in [3.8, 4) is 0 Å². The normalized spacial score (nSPS) is 31.3. The van der Waals surface area contributed by atoms with Crippen LogP contribution in [0.4, 0.5) is 0 Å². The van der Waals surface area contributed by atoms with Crippen LogP contribution < -0.4 is 5.32 Å². The second-order valence-corrected chi connectivity index (χ2v) is 20.0. The van der Waals surface area contributed by atoms with Crippen LogP contribution in [0.1, 0.15) is 47.0 Å². The molecule has 5 nitrogen and oxygen atoms in total. The molecule has 1 heterocycles. The molecule has 0 aromatic rings. The van der Waals surface area contributed by atoms with Gasteiger partial charge in [-0.1, -0.05) is 20.8 Å². The minimum atomic E-state index is -1.97. The van der Waals surface area contributed by atoms with Gasteiger partial charge in [-0.3, -0.25) is 9.59 Å². The number of ketones is 1. The summed E-state index contributed by atoms with van der Waals surface area (Å²) in [4.78, 5) is 25.4. The van der Waals surface area contributed by atoms with E-state index in [0.29, 0.717) is 0 Å². The number of hydrogen-bond acceptors (Lipinski definition) is 4. The number of nitrogens with one attached hydrogen (secondary N) is 1. The molecule has 0 unspecified atom stereocenters. The lowest BCUT2D eigenvalue weighted by Crippen LogP contribution is -2.68. The van der Waals surface area contributed by atoms with Crippen molar-refractivity contribution in [2.24, 2.45) is 11.8 Å². The van der Waals surface area contributed by atoms with Crippen LogP contribution in [0.2, 0.25) is 37.8 Å².